The molecule has 1 unspecified atom stereocenters. The van der Waals surface area contributed by atoms with E-state index < -0.39 is 17.7 Å². The number of aryl methyl sites for hydroxylation is 1. The molecule has 0 radical (unpaired) electrons. The van der Waals surface area contributed by atoms with E-state index >= 15 is 0 Å². The van der Waals surface area contributed by atoms with Crippen LogP contribution in [0.1, 0.15) is 54.6 Å². The number of hydrogen-bond acceptors (Lipinski definition) is 5. The minimum Gasteiger partial charge on any atom is -0.507 e. The molecule has 1 aliphatic heterocycles. The van der Waals surface area contributed by atoms with E-state index in [-0.39, 0.29) is 16.7 Å². The average molecular weight is 481 g/mol. The summed E-state index contributed by atoms with van der Waals surface area (Å²) in [7, 11) is 1.59. The second-order valence-corrected chi connectivity index (χ2v) is 9.91. The van der Waals surface area contributed by atoms with Gasteiger partial charge in [0.05, 0.1) is 30.4 Å². The number of ether oxygens (including phenoxy) is 1. The van der Waals surface area contributed by atoms with Crippen LogP contribution in [-0.2, 0) is 15.0 Å². The molecule has 4 rings (SSSR count). The van der Waals surface area contributed by atoms with Crippen molar-refractivity contribution in [2.75, 3.05) is 12.0 Å². The maximum absolute atomic E-state index is 13.4. The summed E-state index contributed by atoms with van der Waals surface area (Å²) in [5.41, 5.74) is 3.58. The summed E-state index contributed by atoms with van der Waals surface area (Å²) in [5.74, 6) is -1.08. The van der Waals surface area contributed by atoms with Gasteiger partial charge in [0.2, 0.25) is 0 Å². The lowest BCUT2D eigenvalue weighted by Crippen LogP contribution is -2.29. The number of anilines is 1. The number of hydrogen-bond donors (Lipinski definition) is 1. The number of amides is 1. The highest BCUT2D eigenvalue weighted by atomic mass is 16.5. The molecule has 0 spiro atoms. The summed E-state index contributed by atoms with van der Waals surface area (Å²) in [6.45, 7) is 8.03. The van der Waals surface area contributed by atoms with Crippen molar-refractivity contribution in [1.29, 1.82) is 5.26 Å². The predicted molar refractivity (Wildman–Crippen MR) is 139 cm³/mol. The lowest BCUT2D eigenvalue weighted by Gasteiger charge is -2.26. The Labute approximate surface area is 211 Å². The van der Waals surface area contributed by atoms with E-state index in [1.54, 1.807) is 49.6 Å². The molecule has 182 valence electrons. The smallest absolute Gasteiger partial charge is 0.300 e. The average Bonchev–Trinajstić information content (AvgIpc) is 3.13. The van der Waals surface area contributed by atoms with Crippen molar-refractivity contribution in [1.82, 2.24) is 0 Å². The van der Waals surface area contributed by atoms with Gasteiger partial charge >= 0.3 is 0 Å². The number of nitriles is 1. The largest absolute Gasteiger partial charge is 0.507 e. The highest BCUT2D eigenvalue weighted by Gasteiger charge is 2.47. The van der Waals surface area contributed by atoms with Gasteiger partial charge in [-0.25, -0.2) is 0 Å². The Morgan fingerprint density at radius 3 is 2.31 bits per heavy atom. The zero-order valence-electron chi connectivity index (χ0n) is 21.0. The Morgan fingerprint density at radius 2 is 1.72 bits per heavy atom. The Morgan fingerprint density at radius 1 is 1.03 bits per heavy atom. The normalized spacial score (nSPS) is 17.2. The van der Waals surface area contributed by atoms with E-state index in [0.717, 1.165) is 11.1 Å². The summed E-state index contributed by atoms with van der Waals surface area (Å²) in [6.07, 6.45) is 0. The molecule has 0 aromatic heterocycles. The van der Waals surface area contributed by atoms with Crippen molar-refractivity contribution in [3.63, 3.8) is 0 Å². The third-order valence-corrected chi connectivity index (χ3v) is 6.36. The summed E-state index contributed by atoms with van der Waals surface area (Å²) in [6, 6.07) is 20.5. The van der Waals surface area contributed by atoms with Crippen LogP contribution in [0.5, 0.6) is 5.75 Å². The molecule has 3 aromatic carbocycles. The van der Waals surface area contributed by atoms with Crippen molar-refractivity contribution in [3.8, 4) is 11.8 Å². The molecule has 6 nitrogen and oxygen atoms in total. The molecule has 1 amide bonds. The zero-order chi connectivity index (χ0) is 26.2. The van der Waals surface area contributed by atoms with Crippen molar-refractivity contribution < 1.29 is 19.4 Å². The van der Waals surface area contributed by atoms with E-state index in [4.69, 9.17) is 4.74 Å². The minimum absolute atomic E-state index is 0.0139. The Bertz CT molecular complexity index is 1420. The van der Waals surface area contributed by atoms with Gasteiger partial charge in [-0.15, -0.1) is 0 Å². The Kier molecular flexibility index (Phi) is 6.43. The summed E-state index contributed by atoms with van der Waals surface area (Å²) < 4.78 is 5.52. The molecule has 3 aromatic rings. The number of ketones is 1. The quantitative estimate of drug-likeness (QED) is 0.290. The predicted octanol–water partition coefficient (Wildman–Crippen LogP) is 5.80. The van der Waals surface area contributed by atoms with Crippen molar-refractivity contribution in [2.24, 2.45) is 0 Å². The van der Waals surface area contributed by atoms with Gasteiger partial charge in [-0.2, -0.15) is 5.26 Å². The van der Waals surface area contributed by atoms with Crippen LogP contribution in [0.2, 0.25) is 0 Å². The number of rotatable bonds is 4. The molecule has 1 N–H and O–H groups in total. The molecular weight excluding hydrogens is 452 g/mol. The van der Waals surface area contributed by atoms with E-state index in [9.17, 15) is 20.0 Å². The van der Waals surface area contributed by atoms with Gasteiger partial charge in [0.15, 0.2) is 0 Å². The molecule has 1 aliphatic rings. The molecule has 1 saturated heterocycles. The van der Waals surface area contributed by atoms with Crippen LogP contribution in [0.4, 0.5) is 5.69 Å². The van der Waals surface area contributed by atoms with Crippen molar-refractivity contribution >= 4 is 23.1 Å². The van der Waals surface area contributed by atoms with E-state index in [0.29, 0.717) is 28.1 Å². The highest BCUT2D eigenvalue weighted by molar-refractivity contribution is 6.51. The van der Waals surface area contributed by atoms with Crippen LogP contribution in [0.3, 0.4) is 0 Å². The van der Waals surface area contributed by atoms with Crippen LogP contribution >= 0.6 is 0 Å². The van der Waals surface area contributed by atoms with Gasteiger partial charge < -0.3 is 9.84 Å². The molecule has 6 heteroatoms. The molecule has 0 bridgehead atoms. The molecule has 0 aliphatic carbocycles. The molecule has 0 saturated carbocycles. The van der Waals surface area contributed by atoms with Crippen molar-refractivity contribution in [3.05, 3.63) is 100 Å². The van der Waals surface area contributed by atoms with Gasteiger partial charge in [0, 0.05) is 16.8 Å². The second kappa shape index (κ2) is 9.35. The van der Waals surface area contributed by atoms with Gasteiger partial charge in [-0.05, 0) is 60.4 Å². The molecule has 1 atom stereocenters. The van der Waals surface area contributed by atoms with Gasteiger partial charge in [0.1, 0.15) is 11.5 Å². The summed E-state index contributed by atoms with van der Waals surface area (Å²) >= 11 is 0. The third-order valence-electron chi connectivity index (χ3n) is 6.36. The number of carbonyl (C=O) groups excluding carboxylic acids is 2. The number of methoxy groups -OCH3 is 1. The lowest BCUT2D eigenvalue weighted by molar-refractivity contribution is -0.132. The van der Waals surface area contributed by atoms with Gasteiger partial charge in [0.25, 0.3) is 11.7 Å². The number of carbonyl (C=O) groups is 2. The number of aliphatic hydroxyl groups excluding tert-OH is 1. The fraction of sp³-hybridized carbons (Fsp3) is 0.233. The van der Waals surface area contributed by atoms with E-state index in [1.165, 1.54) is 4.90 Å². The van der Waals surface area contributed by atoms with Crippen LogP contribution in [-0.4, -0.2) is 23.9 Å². The number of aliphatic hydroxyl groups is 1. The van der Waals surface area contributed by atoms with E-state index in [2.05, 4.69) is 6.07 Å². The summed E-state index contributed by atoms with van der Waals surface area (Å²) in [4.78, 5) is 28.1. The summed E-state index contributed by atoms with van der Waals surface area (Å²) in [5, 5.41) is 20.7. The first-order chi connectivity index (χ1) is 17.1. The minimum atomic E-state index is -0.835. The number of Topliss-reactive ketones (excluding diaryl/α,β-unsaturated/α-hetero) is 1. The first-order valence-corrected chi connectivity index (χ1v) is 11.6. The van der Waals surface area contributed by atoms with Crippen LogP contribution in [0.25, 0.3) is 5.76 Å². The number of benzene rings is 3. The molecule has 1 fully saturated rings. The van der Waals surface area contributed by atoms with E-state index in [1.807, 2.05) is 52.0 Å². The van der Waals surface area contributed by atoms with Gasteiger partial charge in [-0.1, -0.05) is 50.6 Å². The first-order valence-electron chi connectivity index (χ1n) is 11.6. The Balaban J connectivity index is 1.96. The standard InChI is InChI=1S/C30H28N2O4/c1-18-7-6-8-20(15-18)26-25(27(33)21-11-14-24(36-5)23(16-21)30(2,3)4)28(34)29(35)32(26)22-12-9-19(17-31)10-13-22/h6-16,26,33H,1-5H3/b27-25-. The Hall–Kier alpha value is -4.37. The van der Waals surface area contributed by atoms with Crippen molar-refractivity contribution in [2.45, 2.75) is 39.2 Å². The molecule has 1 heterocycles. The van der Waals surface area contributed by atoms with Gasteiger partial charge in [-0.3, -0.25) is 14.5 Å². The highest BCUT2D eigenvalue weighted by Crippen LogP contribution is 2.43. The molecule has 36 heavy (non-hydrogen) atoms. The fourth-order valence-electron chi connectivity index (χ4n) is 4.55. The first kappa shape index (κ1) is 24.7. The maximum Gasteiger partial charge on any atom is 0.300 e. The van der Waals surface area contributed by atoms with Crippen LogP contribution < -0.4 is 9.64 Å². The SMILES string of the molecule is COc1ccc(/C(O)=C2/C(=O)C(=O)N(c3ccc(C#N)cc3)C2c2cccc(C)c2)cc1C(C)(C)C. The topological polar surface area (TPSA) is 90.6 Å². The zero-order valence-corrected chi connectivity index (χ0v) is 21.0. The van der Waals surface area contributed by atoms with Crippen LogP contribution in [0.15, 0.2) is 72.3 Å². The second-order valence-electron chi connectivity index (χ2n) is 9.91. The number of nitrogens with zero attached hydrogens (tertiary/aromatic N) is 2. The molecular formula is C30H28N2O4. The van der Waals surface area contributed by atoms with Crippen LogP contribution in [0, 0.1) is 18.3 Å². The monoisotopic (exact) mass is 480 g/mol. The third kappa shape index (κ3) is 4.36. The maximum atomic E-state index is 13.4. The fourth-order valence-corrected chi connectivity index (χ4v) is 4.55. The lowest BCUT2D eigenvalue weighted by atomic mass is 9.84.